The second kappa shape index (κ2) is 4.61. The fraction of sp³-hybridized carbons (Fsp3) is 0.235. The van der Waals surface area contributed by atoms with Gasteiger partial charge in [-0.05, 0) is 33.9 Å². The molecule has 0 aliphatic carbocycles. The molecular weight excluding hydrogens is 204 g/mol. The third-order valence-corrected chi connectivity index (χ3v) is 2.58. The fourth-order valence-electron chi connectivity index (χ4n) is 1.76. The smallest absolute Gasteiger partial charge is 0.0101 e. The molecule has 2 rings (SSSR count). The van der Waals surface area contributed by atoms with Gasteiger partial charge in [0.15, 0.2) is 0 Å². The molecule has 0 aliphatic heterocycles. The Balaban J connectivity index is 2.47. The van der Waals surface area contributed by atoms with Crippen LogP contribution in [0.3, 0.4) is 0 Å². The predicted octanol–water partition coefficient (Wildman–Crippen LogP) is 5.05. The Morgan fingerprint density at radius 1 is 0.941 bits per heavy atom. The number of allylic oxidation sites excluding steroid dienone is 1. The molecule has 0 aliphatic rings. The molecule has 0 bridgehead atoms. The van der Waals surface area contributed by atoms with Gasteiger partial charge in [0.05, 0.1) is 0 Å². The van der Waals surface area contributed by atoms with Crippen LogP contribution in [0.1, 0.15) is 26.3 Å². The van der Waals surface area contributed by atoms with Gasteiger partial charge in [0, 0.05) is 0 Å². The highest BCUT2D eigenvalue weighted by Gasteiger charge is 2.02. The highest BCUT2D eigenvalue weighted by atomic mass is 14.1. The standard InChI is InChI=1S/C17H18/c1-17(2,3)13-7-11-15-10-6-9-14-8-4-5-12-16(14)15/h4-6,8-13H,1-3H3. The Morgan fingerprint density at radius 2 is 1.65 bits per heavy atom. The average molecular weight is 222 g/mol. The molecule has 0 amide bonds. The first kappa shape index (κ1) is 11.7. The maximum atomic E-state index is 3.28. The number of rotatable bonds is 1. The Kier molecular flexibility index (Phi) is 3.17. The fourth-order valence-corrected chi connectivity index (χ4v) is 1.76. The third kappa shape index (κ3) is 3.09. The van der Waals surface area contributed by atoms with Gasteiger partial charge in [-0.15, -0.1) is 5.73 Å². The van der Waals surface area contributed by atoms with Gasteiger partial charge in [0.1, 0.15) is 0 Å². The van der Waals surface area contributed by atoms with E-state index in [1.165, 1.54) is 16.3 Å². The molecule has 0 heterocycles. The molecule has 0 radical (unpaired) electrons. The lowest BCUT2D eigenvalue weighted by Gasteiger charge is -2.08. The van der Waals surface area contributed by atoms with E-state index in [1.54, 1.807) is 0 Å². The van der Waals surface area contributed by atoms with Crippen molar-refractivity contribution in [3.05, 3.63) is 59.8 Å². The number of hydrogen-bond acceptors (Lipinski definition) is 0. The van der Waals surface area contributed by atoms with Crippen LogP contribution in [-0.4, -0.2) is 0 Å². The Hall–Kier alpha value is -1.78. The summed E-state index contributed by atoms with van der Waals surface area (Å²) in [6.45, 7) is 6.53. The minimum Gasteiger partial charge on any atom is -0.124 e. The van der Waals surface area contributed by atoms with E-state index in [1.807, 2.05) is 0 Å². The lowest BCUT2D eigenvalue weighted by atomic mass is 9.97. The Labute approximate surface area is 103 Å². The van der Waals surface area contributed by atoms with Gasteiger partial charge < -0.3 is 0 Å². The molecule has 0 nitrogen and oxygen atoms in total. The van der Waals surface area contributed by atoms with Crippen molar-refractivity contribution in [1.82, 2.24) is 0 Å². The van der Waals surface area contributed by atoms with Gasteiger partial charge in [-0.3, -0.25) is 0 Å². The molecule has 2 aromatic carbocycles. The molecular formula is C17H18. The zero-order valence-corrected chi connectivity index (χ0v) is 10.7. The molecule has 0 unspecified atom stereocenters. The number of fused-ring (bicyclic) bond motifs is 1. The van der Waals surface area contributed by atoms with Crippen LogP contribution in [0.4, 0.5) is 0 Å². The summed E-state index contributed by atoms with van der Waals surface area (Å²) in [5, 5.41) is 2.56. The van der Waals surface area contributed by atoms with Crippen molar-refractivity contribution in [1.29, 1.82) is 0 Å². The van der Waals surface area contributed by atoms with E-state index in [0.717, 1.165) is 0 Å². The molecule has 17 heavy (non-hydrogen) atoms. The largest absolute Gasteiger partial charge is 0.124 e. The van der Waals surface area contributed by atoms with Gasteiger partial charge in [0.2, 0.25) is 0 Å². The van der Waals surface area contributed by atoms with Crippen LogP contribution in [0.2, 0.25) is 0 Å². The molecule has 0 saturated heterocycles. The minimum absolute atomic E-state index is 0.182. The zero-order chi connectivity index (χ0) is 12.3. The van der Waals surface area contributed by atoms with Crippen LogP contribution in [0.25, 0.3) is 16.8 Å². The van der Waals surface area contributed by atoms with Crippen molar-refractivity contribution in [2.75, 3.05) is 0 Å². The Bertz CT molecular complexity index is 571. The van der Waals surface area contributed by atoms with Gasteiger partial charge >= 0.3 is 0 Å². The first-order chi connectivity index (χ1) is 8.06. The molecule has 0 spiro atoms. The van der Waals surface area contributed by atoms with Crippen molar-refractivity contribution in [3.63, 3.8) is 0 Å². The molecule has 0 atom stereocenters. The maximum absolute atomic E-state index is 3.28. The molecule has 0 heteroatoms. The van der Waals surface area contributed by atoms with E-state index in [4.69, 9.17) is 0 Å². The summed E-state index contributed by atoms with van der Waals surface area (Å²) in [6.07, 6.45) is 4.17. The van der Waals surface area contributed by atoms with E-state index < -0.39 is 0 Å². The van der Waals surface area contributed by atoms with Crippen LogP contribution < -0.4 is 0 Å². The van der Waals surface area contributed by atoms with Gasteiger partial charge in [0.25, 0.3) is 0 Å². The second-order valence-corrected chi connectivity index (χ2v) is 5.39. The van der Waals surface area contributed by atoms with Crippen molar-refractivity contribution >= 4 is 16.8 Å². The molecule has 0 saturated carbocycles. The van der Waals surface area contributed by atoms with Crippen LogP contribution in [0.5, 0.6) is 0 Å². The van der Waals surface area contributed by atoms with Crippen molar-refractivity contribution in [2.45, 2.75) is 20.8 Å². The van der Waals surface area contributed by atoms with E-state index in [0.29, 0.717) is 0 Å². The first-order valence-electron chi connectivity index (χ1n) is 5.98. The van der Waals surface area contributed by atoms with E-state index in [-0.39, 0.29) is 5.41 Å². The average Bonchev–Trinajstić information content (AvgIpc) is 2.28. The zero-order valence-electron chi connectivity index (χ0n) is 10.7. The van der Waals surface area contributed by atoms with Crippen molar-refractivity contribution in [3.8, 4) is 0 Å². The lowest BCUT2D eigenvalue weighted by molar-refractivity contribution is 0.545. The van der Waals surface area contributed by atoms with E-state index in [2.05, 4.69) is 81.1 Å². The molecule has 86 valence electrons. The summed E-state index contributed by atoms with van der Waals surface area (Å²) in [7, 11) is 0. The molecule has 0 N–H and O–H groups in total. The van der Waals surface area contributed by atoms with Crippen LogP contribution in [0, 0.1) is 5.41 Å². The summed E-state index contributed by atoms with van der Waals surface area (Å²) in [5.41, 5.74) is 4.69. The Morgan fingerprint density at radius 3 is 2.41 bits per heavy atom. The summed E-state index contributed by atoms with van der Waals surface area (Å²) in [4.78, 5) is 0. The third-order valence-electron chi connectivity index (χ3n) is 2.58. The maximum Gasteiger partial charge on any atom is -0.0101 e. The first-order valence-corrected chi connectivity index (χ1v) is 5.98. The van der Waals surface area contributed by atoms with Gasteiger partial charge in [-0.2, -0.15) is 0 Å². The summed E-state index contributed by atoms with van der Waals surface area (Å²) < 4.78 is 0. The minimum atomic E-state index is 0.182. The number of hydrogen-bond donors (Lipinski definition) is 0. The summed E-state index contributed by atoms with van der Waals surface area (Å²) >= 11 is 0. The monoisotopic (exact) mass is 222 g/mol. The number of benzene rings is 2. The van der Waals surface area contributed by atoms with Crippen LogP contribution in [-0.2, 0) is 0 Å². The van der Waals surface area contributed by atoms with E-state index >= 15 is 0 Å². The highest BCUT2D eigenvalue weighted by Crippen LogP contribution is 2.20. The molecule has 2 aromatic rings. The quantitative estimate of drug-likeness (QED) is 0.592. The summed E-state index contributed by atoms with van der Waals surface area (Å²) in [6, 6.07) is 14.8. The van der Waals surface area contributed by atoms with Gasteiger partial charge in [-0.1, -0.05) is 63.2 Å². The van der Waals surface area contributed by atoms with Gasteiger partial charge in [-0.25, -0.2) is 0 Å². The predicted molar refractivity (Wildman–Crippen MR) is 76.0 cm³/mol. The lowest BCUT2D eigenvalue weighted by Crippen LogP contribution is -1.96. The SMILES string of the molecule is CC(C)(C)C=C=Cc1cccc2ccccc12. The van der Waals surface area contributed by atoms with E-state index in [9.17, 15) is 0 Å². The normalized spacial score (nSPS) is 11.0. The highest BCUT2D eigenvalue weighted by molar-refractivity contribution is 5.90. The molecule has 0 aromatic heterocycles. The topological polar surface area (TPSA) is 0 Å². The van der Waals surface area contributed by atoms with Crippen molar-refractivity contribution < 1.29 is 0 Å². The molecule has 0 fully saturated rings. The van der Waals surface area contributed by atoms with Crippen LogP contribution in [0.15, 0.2) is 54.3 Å². The van der Waals surface area contributed by atoms with Crippen LogP contribution >= 0.6 is 0 Å². The van der Waals surface area contributed by atoms with Crippen molar-refractivity contribution in [2.24, 2.45) is 5.41 Å². The second-order valence-electron chi connectivity index (χ2n) is 5.39. The summed E-state index contributed by atoms with van der Waals surface area (Å²) in [5.74, 6) is 0.